The number of thioether (sulfide) groups is 1. The predicted molar refractivity (Wildman–Crippen MR) is 131 cm³/mol. The number of rotatable bonds is 9. The normalized spacial score (nSPS) is 12.9. The summed E-state index contributed by atoms with van der Waals surface area (Å²) < 4.78 is 10.6. The lowest BCUT2D eigenvalue weighted by Gasteiger charge is -2.25. The minimum absolute atomic E-state index is 0.0328. The molecule has 0 bridgehead atoms. The summed E-state index contributed by atoms with van der Waals surface area (Å²) in [4.78, 5) is 31.8. The lowest BCUT2D eigenvalue weighted by molar-refractivity contribution is -0.113. The molecule has 1 aliphatic rings. The van der Waals surface area contributed by atoms with Crippen molar-refractivity contribution in [3.63, 3.8) is 0 Å². The third kappa shape index (κ3) is 5.86. The zero-order chi connectivity index (χ0) is 23.9. The fourth-order valence-electron chi connectivity index (χ4n) is 3.54. The summed E-state index contributed by atoms with van der Waals surface area (Å²) in [5.74, 6) is 0.920. The van der Waals surface area contributed by atoms with Crippen LogP contribution in [0.2, 0.25) is 0 Å². The molecule has 0 saturated carbocycles. The van der Waals surface area contributed by atoms with Gasteiger partial charge < -0.3 is 25.0 Å². The number of benzene rings is 2. The van der Waals surface area contributed by atoms with Crippen LogP contribution in [0.5, 0.6) is 11.5 Å². The number of ether oxygens (including phenoxy) is 2. The first kappa shape index (κ1) is 23.6. The number of carbonyl (C=O) groups is 2. The van der Waals surface area contributed by atoms with Gasteiger partial charge in [0.25, 0.3) is 5.91 Å². The Kier molecular flexibility index (Phi) is 7.66. The number of hydrogen-bond donors (Lipinski definition) is 2. The van der Waals surface area contributed by atoms with Gasteiger partial charge in [-0.15, -0.1) is 0 Å². The highest BCUT2D eigenvalue weighted by atomic mass is 32.2. The molecule has 1 aliphatic heterocycles. The van der Waals surface area contributed by atoms with Crippen LogP contribution in [-0.4, -0.2) is 54.9 Å². The molecule has 1 aromatic heterocycles. The van der Waals surface area contributed by atoms with Gasteiger partial charge in [0.15, 0.2) is 11.5 Å². The number of likely N-dealkylation sites (N-methyl/N-ethyl adjacent to an activating group) is 1. The van der Waals surface area contributed by atoms with E-state index in [4.69, 9.17) is 9.47 Å². The maximum atomic E-state index is 13.0. The number of pyridine rings is 1. The van der Waals surface area contributed by atoms with E-state index in [9.17, 15) is 9.59 Å². The summed E-state index contributed by atoms with van der Waals surface area (Å²) in [5, 5.41) is 6.34. The van der Waals surface area contributed by atoms with Gasteiger partial charge in [0.2, 0.25) is 12.7 Å². The molecule has 9 heteroatoms. The smallest absolute Gasteiger partial charge is 0.254 e. The monoisotopic (exact) mass is 478 g/mol. The first-order valence-corrected chi connectivity index (χ1v) is 11.8. The Morgan fingerprint density at radius 1 is 1.06 bits per heavy atom. The highest BCUT2D eigenvalue weighted by molar-refractivity contribution is 8.00. The molecule has 0 saturated heterocycles. The lowest BCUT2D eigenvalue weighted by atomic mass is 10.1. The number of amides is 2. The third-order valence-electron chi connectivity index (χ3n) is 5.28. The predicted octanol–water partition coefficient (Wildman–Crippen LogP) is 3.57. The first-order chi connectivity index (χ1) is 16.5. The molecule has 0 radical (unpaired) electrons. The highest BCUT2D eigenvalue weighted by Gasteiger charge is 2.19. The van der Waals surface area contributed by atoms with Gasteiger partial charge in [-0.25, -0.2) is 4.98 Å². The molecule has 176 valence electrons. The number of nitrogens with zero attached hydrogens (tertiary/aromatic N) is 2. The fourth-order valence-corrected chi connectivity index (χ4v) is 4.33. The van der Waals surface area contributed by atoms with Crippen LogP contribution >= 0.6 is 11.8 Å². The van der Waals surface area contributed by atoms with E-state index < -0.39 is 0 Å². The van der Waals surface area contributed by atoms with Crippen molar-refractivity contribution < 1.29 is 19.1 Å². The van der Waals surface area contributed by atoms with Crippen molar-refractivity contribution in [3.8, 4) is 11.5 Å². The maximum Gasteiger partial charge on any atom is 0.254 e. The van der Waals surface area contributed by atoms with Crippen molar-refractivity contribution in [1.29, 1.82) is 0 Å². The van der Waals surface area contributed by atoms with Gasteiger partial charge in [-0.05, 0) is 43.9 Å². The Balaban J connectivity index is 1.35. The van der Waals surface area contributed by atoms with E-state index in [1.54, 1.807) is 36.5 Å². The molecule has 8 nitrogen and oxygen atoms in total. The van der Waals surface area contributed by atoms with Crippen molar-refractivity contribution in [3.05, 3.63) is 78.0 Å². The summed E-state index contributed by atoms with van der Waals surface area (Å²) in [7, 11) is 3.96. The number of hydrogen-bond acceptors (Lipinski definition) is 7. The summed E-state index contributed by atoms with van der Waals surface area (Å²) in [6, 6.07) is 18.7. The molecule has 0 spiro atoms. The molecule has 1 atom stereocenters. The topological polar surface area (TPSA) is 92.8 Å². The van der Waals surface area contributed by atoms with Crippen LogP contribution < -0.4 is 20.1 Å². The quantitative estimate of drug-likeness (QED) is 0.454. The Morgan fingerprint density at radius 3 is 2.65 bits per heavy atom. The SMILES string of the molecule is CN(C)[C@@H](CNC(=O)c1cccnc1SCC(=O)Nc1ccc2c(c1)OCO2)c1ccccc1. The zero-order valence-electron chi connectivity index (χ0n) is 19.0. The lowest BCUT2D eigenvalue weighted by Crippen LogP contribution is -2.34. The number of anilines is 1. The van der Waals surface area contributed by atoms with Crippen molar-refractivity contribution in [2.75, 3.05) is 38.5 Å². The average molecular weight is 479 g/mol. The van der Waals surface area contributed by atoms with E-state index in [1.165, 1.54) is 11.8 Å². The van der Waals surface area contributed by atoms with Gasteiger partial charge in [0.05, 0.1) is 17.4 Å². The second-order valence-electron chi connectivity index (χ2n) is 7.86. The molecule has 0 unspecified atom stereocenters. The molecular formula is C25H26N4O4S. The number of carbonyl (C=O) groups excluding carboxylic acids is 2. The van der Waals surface area contributed by atoms with Crippen molar-refractivity contribution >= 4 is 29.3 Å². The molecule has 4 rings (SSSR count). The largest absolute Gasteiger partial charge is 0.454 e. The number of aromatic nitrogens is 1. The van der Waals surface area contributed by atoms with E-state index in [0.717, 1.165) is 5.56 Å². The van der Waals surface area contributed by atoms with Gasteiger partial charge in [-0.1, -0.05) is 42.1 Å². The van der Waals surface area contributed by atoms with Crippen LogP contribution in [0.25, 0.3) is 0 Å². The van der Waals surface area contributed by atoms with Crippen molar-refractivity contribution in [1.82, 2.24) is 15.2 Å². The van der Waals surface area contributed by atoms with Crippen LogP contribution in [0.3, 0.4) is 0 Å². The molecule has 2 heterocycles. The zero-order valence-corrected chi connectivity index (χ0v) is 19.8. The van der Waals surface area contributed by atoms with Crippen LogP contribution in [0.15, 0.2) is 71.9 Å². The molecular weight excluding hydrogens is 452 g/mol. The average Bonchev–Trinajstić information content (AvgIpc) is 3.31. The minimum Gasteiger partial charge on any atom is -0.454 e. The van der Waals surface area contributed by atoms with Crippen molar-refractivity contribution in [2.24, 2.45) is 0 Å². The molecule has 0 aliphatic carbocycles. The van der Waals surface area contributed by atoms with Crippen LogP contribution in [0.4, 0.5) is 5.69 Å². The third-order valence-corrected chi connectivity index (χ3v) is 6.28. The van der Waals surface area contributed by atoms with Gasteiger partial charge >= 0.3 is 0 Å². The fraction of sp³-hybridized carbons (Fsp3) is 0.240. The number of nitrogens with one attached hydrogen (secondary N) is 2. The van der Waals surface area contributed by atoms with E-state index in [1.807, 2.05) is 44.4 Å². The van der Waals surface area contributed by atoms with Crippen LogP contribution in [-0.2, 0) is 4.79 Å². The highest BCUT2D eigenvalue weighted by Crippen LogP contribution is 2.34. The second kappa shape index (κ2) is 11.0. The molecule has 34 heavy (non-hydrogen) atoms. The van der Waals surface area contributed by atoms with E-state index in [-0.39, 0.29) is 30.4 Å². The second-order valence-corrected chi connectivity index (χ2v) is 8.83. The Bertz CT molecular complexity index is 1160. The maximum absolute atomic E-state index is 13.0. The summed E-state index contributed by atoms with van der Waals surface area (Å²) in [5.41, 5.74) is 2.17. The van der Waals surface area contributed by atoms with E-state index in [0.29, 0.717) is 34.3 Å². The summed E-state index contributed by atoms with van der Waals surface area (Å²) in [6.45, 7) is 0.618. The molecule has 2 aromatic carbocycles. The van der Waals surface area contributed by atoms with E-state index >= 15 is 0 Å². The van der Waals surface area contributed by atoms with Gasteiger partial charge in [-0.3, -0.25) is 9.59 Å². The number of fused-ring (bicyclic) bond motifs is 1. The van der Waals surface area contributed by atoms with Crippen LogP contribution in [0.1, 0.15) is 22.0 Å². The van der Waals surface area contributed by atoms with Gasteiger partial charge in [0.1, 0.15) is 5.03 Å². The Morgan fingerprint density at radius 2 is 1.85 bits per heavy atom. The molecule has 0 fully saturated rings. The summed E-state index contributed by atoms with van der Waals surface area (Å²) in [6.07, 6.45) is 1.61. The first-order valence-electron chi connectivity index (χ1n) is 10.8. The van der Waals surface area contributed by atoms with Gasteiger partial charge in [-0.2, -0.15) is 0 Å². The van der Waals surface area contributed by atoms with Gasteiger partial charge in [0, 0.05) is 24.5 Å². The molecule has 3 aromatic rings. The Labute approximate surface area is 202 Å². The minimum atomic E-state index is -0.227. The molecule has 2 amide bonds. The van der Waals surface area contributed by atoms with Crippen LogP contribution in [0, 0.1) is 0 Å². The Hall–Kier alpha value is -3.56. The molecule has 2 N–H and O–H groups in total. The van der Waals surface area contributed by atoms with Crippen molar-refractivity contribution in [2.45, 2.75) is 11.1 Å². The summed E-state index contributed by atoms with van der Waals surface area (Å²) >= 11 is 1.21. The van der Waals surface area contributed by atoms with E-state index in [2.05, 4.69) is 20.5 Å². The standard InChI is InChI=1S/C25H26N4O4S/c1-29(2)20(17-7-4-3-5-8-17)14-27-24(31)19-9-6-12-26-25(19)34-15-23(30)28-18-10-11-21-22(13-18)33-16-32-21/h3-13,20H,14-16H2,1-2H3,(H,27,31)(H,28,30)/t20-/m0/s1.